The number of piperidine rings is 1. The molecule has 0 saturated carbocycles. The van der Waals surface area contributed by atoms with Gasteiger partial charge < -0.3 is 34.8 Å². The van der Waals surface area contributed by atoms with E-state index in [0.29, 0.717) is 37.6 Å². The number of β-amino-alcohol motifs (C(OH)–C–C–N with tert-alkyl or cyclic N) is 1. The summed E-state index contributed by atoms with van der Waals surface area (Å²) < 4.78 is 17.5. The summed E-state index contributed by atoms with van der Waals surface area (Å²) in [6.07, 6.45) is 4.47. The number of carbonyl (C=O) groups is 3. The Bertz CT molecular complexity index is 848. The zero-order valence-electron chi connectivity index (χ0n) is 22.0. The highest BCUT2D eigenvalue weighted by Gasteiger charge is 2.38. The maximum absolute atomic E-state index is 11.5. The van der Waals surface area contributed by atoms with E-state index < -0.39 is 6.10 Å². The van der Waals surface area contributed by atoms with E-state index in [1.54, 1.807) is 7.11 Å². The monoisotopic (exact) mass is 539 g/mol. The van der Waals surface area contributed by atoms with Crippen molar-refractivity contribution in [3.8, 4) is 11.5 Å². The van der Waals surface area contributed by atoms with E-state index in [-0.39, 0.29) is 31.1 Å². The van der Waals surface area contributed by atoms with Crippen LogP contribution in [0.3, 0.4) is 0 Å². The van der Waals surface area contributed by atoms with Gasteiger partial charge in [-0.2, -0.15) is 0 Å². The molecule has 0 aliphatic carbocycles. The summed E-state index contributed by atoms with van der Waals surface area (Å²) in [5, 5.41) is 27.0. The second-order valence-electron chi connectivity index (χ2n) is 9.47. The molecule has 12 heteroatoms. The van der Waals surface area contributed by atoms with Crippen molar-refractivity contribution in [2.24, 2.45) is 0 Å². The Morgan fingerprint density at radius 2 is 1.79 bits per heavy atom. The first kappa shape index (κ1) is 31.3. The molecule has 1 aromatic rings. The molecule has 1 aromatic carbocycles. The van der Waals surface area contributed by atoms with Crippen molar-refractivity contribution in [2.75, 3.05) is 59.6 Å². The summed E-state index contributed by atoms with van der Waals surface area (Å²) in [5.41, 5.74) is 1.34. The van der Waals surface area contributed by atoms with Crippen LogP contribution in [-0.2, 0) is 25.7 Å². The Kier molecular flexibility index (Phi) is 13.8. The van der Waals surface area contributed by atoms with Crippen molar-refractivity contribution in [1.82, 2.24) is 15.1 Å². The van der Waals surface area contributed by atoms with E-state index in [1.165, 1.54) is 18.4 Å². The second-order valence-corrected chi connectivity index (χ2v) is 9.47. The molecule has 0 aromatic heterocycles. The van der Waals surface area contributed by atoms with Crippen LogP contribution in [0.2, 0.25) is 0 Å². The smallest absolute Gasteiger partial charge is 0.290 e. The third kappa shape index (κ3) is 10.4. The number of hydrogen-bond acceptors (Lipinski definition) is 9. The number of carbonyl (C=O) groups excluding carboxylic acids is 1. The summed E-state index contributed by atoms with van der Waals surface area (Å²) in [5.74, 6) is 1.39. The minimum absolute atomic E-state index is 0.0685. The molecule has 3 heterocycles. The van der Waals surface area contributed by atoms with Gasteiger partial charge in [-0.3, -0.25) is 24.2 Å². The van der Waals surface area contributed by atoms with E-state index >= 15 is 0 Å². The SMILES string of the molecule is COc1cc(CN2CCC3(CCCO3)CC2)ccc1OCC(O)CN1CCNC(=O)CC1.O=CO.O=CO. The first-order valence-electron chi connectivity index (χ1n) is 12.9. The molecule has 0 bridgehead atoms. The average Bonchev–Trinajstić information content (AvgIpc) is 3.26. The van der Waals surface area contributed by atoms with Gasteiger partial charge >= 0.3 is 0 Å². The number of methoxy groups -OCH3 is 1. The number of benzene rings is 1. The molecule has 4 N–H and O–H groups in total. The van der Waals surface area contributed by atoms with Gasteiger partial charge in [0.2, 0.25) is 5.91 Å². The molecule has 3 saturated heterocycles. The van der Waals surface area contributed by atoms with Gasteiger partial charge in [-0.15, -0.1) is 0 Å². The molecule has 1 unspecified atom stereocenters. The summed E-state index contributed by atoms with van der Waals surface area (Å²) in [6.45, 7) is 6.10. The minimum Gasteiger partial charge on any atom is -0.493 e. The third-order valence-electron chi connectivity index (χ3n) is 6.89. The second kappa shape index (κ2) is 16.8. The lowest BCUT2D eigenvalue weighted by Crippen LogP contribution is -2.43. The quantitative estimate of drug-likeness (QED) is 0.346. The molecule has 214 valence electrons. The van der Waals surface area contributed by atoms with Gasteiger partial charge in [0.25, 0.3) is 12.9 Å². The Labute approximate surface area is 223 Å². The lowest BCUT2D eigenvalue weighted by Gasteiger charge is -2.38. The maximum Gasteiger partial charge on any atom is 0.290 e. The standard InChI is InChI=1S/C24H37N3O5.2CH2O2/c1-30-22-15-19(16-27-11-7-24(8-12-27)6-2-14-32-24)3-4-21(22)31-18-20(28)17-26-10-5-23(29)25-9-13-26;2*2-1-3/h3-4,15,20,28H,2,5-14,16-18H2,1H3,(H,25,29);2*1H,(H,2,3). The Morgan fingerprint density at radius 1 is 1.08 bits per heavy atom. The fourth-order valence-corrected chi connectivity index (χ4v) is 4.99. The molecule has 3 fully saturated rings. The summed E-state index contributed by atoms with van der Waals surface area (Å²) in [4.78, 5) is 32.8. The number of rotatable bonds is 8. The summed E-state index contributed by atoms with van der Waals surface area (Å²) >= 11 is 0. The zero-order valence-corrected chi connectivity index (χ0v) is 22.0. The van der Waals surface area contributed by atoms with Gasteiger partial charge in [-0.1, -0.05) is 6.07 Å². The predicted octanol–water partition coefficient (Wildman–Crippen LogP) is 0.803. The van der Waals surface area contributed by atoms with Crippen LogP contribution >= 0.6 is 0 Å². The van der Waals surface area contributed by atoms with Crippen molar-refractivity contribution in [1.29, 1.82) is 0 Å². The van der Waals surface area contributed by atoms with E-state index in [0.717, 1.165) is 45.6 Å². The third-order valence-corrected chi connectivity index (χ3v) is 6.89. The van der Waals surface area contributed by atoms with E-state index in [1.807, 2.05) is 12.1 Å². The zero-order chi connectivity index (χ0) is 27.8. The predicted molar refractivity (Wildman–Crippen MR) is 138 cm³/mol. The minimum atomic E-state index is -0.633. The molecule has 3 aliphatic rings. The normalized spacial score (nSPS) is 20.0. The molecule has 1 atom stereocenters. The number of ether oxygens (including phenoxy) is 3. The molecular formula is C26H41N3O9. The van der Waals surface area contributed by atoms with Crippen molar-refractivity contribution in [3.05, 3.63) is 23.8 Å². The highest BCUT2D eigenvalue weighted by molar-refractivity contribution is 5.76. The number of aliphatic hydroxyl groups excluding tert-OH is 1. The molecule has 38 heavy (non-hydrogen) atoms. The van der Waals surface area contributed by atoms with Gasteiger partial charge in [0, 0.05) is 58.8 Å². The number of aliphatic hydroxyl groups is 1. The van der Waals surface area contributed by atoms with Gasteiger partial charge in [0.05, 0.1) is 12.7 Å². The van der Waals surface area contributed by atoms with Crippen LogP contribution in [0.15, 0.2) is 18.2 Å². The van der Waals surface area contributed by atoms with Crippen molar-refractivity contribution in [3.63, 3.8) is 0 Å². The fourth-order valence-electron chi connectivity index (χ4n) is 4.99. The Hall–Kier alpha value is -2.93. The van der Waals surface area contributed by atoms with Crippen LogP contribution in [0.4, 0.5) is 0 Å². The van der Waals surface area contributed by atoms with Gasteiger partial charge in [-0.05, 0) is 43.4 Å². The summed E-state index contributed by atoms with van der Waals surface area (Å²) in [7, 11) is 1.64. The number of carboxylic acid groups (broad SMARTS) is 2. The van der Waals surface area contributed by atoms with Crippen molar-refractivity contribution in [2.45, 2.75) is 50.4 Å². The molecule has 12 nitrogen and oxygen atoms in total. The van der Waals surface area contributed by atoms with Crippen LogP contribution in [0.1, 0.15) is 37.7 Å². The lowest BCUT2D eigenvalue weighted by molar-refractivity contribution is -0.123. The first-order valence-corrected chi connectivity index (χ1v) is 12.9. The van der Waals surface area contributed by atoms with Crippen LogP contribution in [0, 0.1) is 0 Å². The number of nitrogens with one attached hydrogen (secondary N) is 1. The molecule has 4 rings (SSSR count). The molecule has 0 radical (unpaired) electrons. The number of amides is 1. The largest absolute Gasteiger partial charge is 0.493 e. The van der Waals surface area contributed by atoms with Crippen LogP contribution in [0.5, 0.6) is 11.5 Å². The highest BCUT2D eigenvalue weighted by Crippen LogP contribution is 2.36. The molecule has 1 amide bonds. The Balaban J connectivity index is 0.000000773. The first-order chi connectivity index (χ1) is 18.4. The number of hydrogen-bond donors (Lipinski definition) is 4. The highest BCUT2D eigenvalue weighted by atomic mass is 16.5. The average molecular weight is 540 g/mol. The topological polar surface area (TPSA) is 158 Å². The number of nitrogens with zero attached hydrogens (tertiary/aromatic N) is 2. The van der Waals surface area contributed by atoms with E-state index in [4.69, 9.17) is 34.0 Å². The van der Waals surface area contributed by atoms with Crippen LogP contribution in [-0.4, -0.2) is 115 Å². The number of likely N-dealkylation sites (tertiary alicyclic amines) is 1. The van der Waals surface area contributed by atoms with Gasteiger partial charge in [-0.25, -0.2) is 0 Å². The van der Waals surface area contributed by atoms with Crippen LogP contribution < -0.4 is 14.8 Å². The maximum atomic E-state index is 11.5. The van der Waals surface area contributed by atoms with Crippen molar-refractivity contribution >= 4 is 18.9 Å². The lowest BCUT2D eigenvalue weighted by atomic mass is 9.88. The fraction of sp³-hybridized carbons (Fsp3) is 0.654. The molecule has 3 aliphatic heterocycles. The van der Waals surface area contributed by atoms with E-state index in [2.05, 4.69) is 21.2 Å². The molecular weight excluding hydrogens is 498 g/mol. The van der Waals surface area contributed by atoms with Crippen LogP contribution in [0.25, 0.3) is 0 Å². The van der Waals surface area contributed by atoms with Gasteiger partial charge in [0.15, 0.2) is 11.5 Å². The Morgan fingerprint density at radius 3 is 2.42 bits per heavy atom. The van der Waals surface area contributed by atoms with Crippen molar-refractivity contribution < 1.29 is 43.9 Å². The molecule has 1 spiro atoms. The van der Waals surface area contributed by atoms with Gasteiger partial charge in [0.1, 0.15) is 12.7 Å². The summed E-state index contributed by atoms with van der Waals surface area (Å²) in [6, 6.07) is 6.04. The van der Waals surface area contributed by atoms with E-state index in [9.17, 15) is 9.90 Å².